The summed E-state index contributed by atoms with van der Waals surface area (Å²) in [5, 5.41) is 14.0. The highest BCUT2D eigenvalue weighted by atomic mass is 16.5. The highest BCUT2D eigenvalue weighted by Crippen LogP contribution is 2.17. The smallest absolute Gasteiger partial charge is 0.319 e. The number of urea groups is 1. The standard InChI is InChI=1S/C17H17N3O2/c18-10-12-22-16-8-4-7-15(13-16)20-17(21)19-11-9-14-5-2-1-3-6-14/h1-8,13H,9,11-12H2,(H2,19,20,21). The van der Waals surface area contributed by atoms with E-state index in [4.69, 9.17) is 10.00 Å². The number of nitrogens with one attached hydrogen (secondary N) is 2. The van der Waals surface area contributed by atoms with Gasteiger partial charge >= 0.3 is 6.03 Å². The molecule has 0 aromatic heterocycles. The van der Waals surface area contributed by atoms with E-state index in [2.05, 4.69) is 10.6 Å². The summed E-state index contributed by atoms with van der Waals surface area (Å²) >= 11 is 0. The fraction of sp³-hybridized carbons (Fsp3) is 0.176. The van der Waals surface area contributed by atoms with E-state index < -0.39 is 0 Å². The molecule has 0 saturated heterocycles. The van der Waals surface area contributed by atoms with Crippen molar-refractivity contribution < 1.29 is 9.53 Å². The molecule has 2 N–H and O–H groups in total. The lowest BCUT2D eigenvalue weighted by molar-refractivity contribution is 0.252. The minimum atomic E-state index is -0.270. The number of hydrogen-bond donors (Lipinski definition) is 2. The molecule has 0 unspecified atom stereocenters. The first-order valence-corrected chi connectivity index (χ1v) is 6.96. The summed E-state index contributed by atoms with van der Waals surface area (Å²) in [6.45, 7) is 0.535. The molecule has 0 spiro atoms. The van der Waals surface area contributed by atoms with Crippen LogP contribution in [0.15, 0.2) is 54.6 Å². The predicted molar refractivity (Wildman–Crippen MR) is 84.7 cm³/mol. The fourth-order valence-electron chi connectivity index (χ4n) is 1.92. The molecule has 0 radical (unpaired) electrons. The quantitative estimate of drug-likeness (QED) is 0.860. The Labute approximate surface area is 129 Å². The Morgan fingerprint density at radius 2 is 1.95 bits per heavy atom. The summed E-state index contributed by atoms with van der Waals surface area (Å²) in [5.41, 5.74) is 1.79. The predicted octanol–water partition coefficient (Wildman–Crippen LogP) is 2.95. The molecule has 5 nitrogen and oxygen atoms in total. The molecule has 0 saturated carbocycles. The van der Waals surface area contributed by atoms with Crippen molar-refractivity contribution in [1.82, 2.24) is 5.32 Å². The van der Waals surface area contributed by atoms with Crippen molar-refractivity contribution in [3.8, 4) is 11.8 Å². The van der Waals surface area contributed by atoms with Gasteiger partial charge in [-0.25, -0.2) is 4.79 Å². The lowest BCUT2D eigenvalue weighted by atomic mass is 10.1. The van der Waals surface area contributed by atoms with Gasteiger partial charge in [0.15, 0.2) is 6.61 Å². The van der Waals surface area contributed by atoms with Gasteiger partial charge in [-0.15, -0.1) is 0 Å². The number of amides is 2. The lowest BCUT2D eigenvalue weighted by Gasteiger charge is -2.09. The summed E-state index contributed by atoms with van der Waals surface area (Å²) in [7, 11) is 0. The number of nitriles is 1. The van der Waals surface area contributed by atoms with E-state index in [1.54, 1.807) is 24.3 Å². The molecule has 0 bridgehead atoms. The number of nitrogens with zero attached hydrogens (tertiary/aromatic N) is 1. The minimum absolute atomic E-state index is 0.0211. The Hall–Kier alpha value is -3.00. The SMILES string of the molecule is N#CCOc1cccc(NC(=O)NCCc2ccccc2)c1. The molecule has 22 heavy (non-hydrogen) atoms. The summed E-state index contributed by atoms with van der Waals surface area (Å²) in [5.74, 6) is 0.545. The molecule has 0 aliphatic rings. The van der Waals surface area contributed by atoms with E-state index in [9.17, 15) is 4.79 Å². The van der Waals surface area contributed by atoms with E-state index in [0.29, 0.717) is 18.0 Å². The molecule has 112 valence electrons. The van der Waals surface area contributed by atoms with Crippen molar-refractivity contribution in [2.24, 2.45) is 0 Å². The number of carbonyl (C=O) groups is 1. The van der Waals surface area contributed by atoms with Crippen LogP contribution < -0.4 is 15.4 Å². The van der Waals surface area contributed by atoms with Crippen LogP contribution in [0, 0.1) is 11.3 Å². The van der Waals surface area contributed by atoms with Crippen LogP contribution in [0.1, 0.15) is 5.56 Å². The number of anilines is 1. The molecule has 0 aliphatic carbocycles. The van der Waals surface area contributed by atoms with Crippen molar-refractivity contribution in [2.75, 3.05) is 18.5 Å². The highest BCUT2D eigenvalue weighted by Gasteiger charge is 2.02. The number of hydrogen-bond acceptors (Lipinski definition) is 3. The first kappa shape index (κ1) is 15.4. The zero-order chi connectivity index (χ0) is 15.6. The molecule has 0 atom stereocenters. The van der Waals surface area contributed by atoms with Crippen molar-refractivity contribution in [1.29, 1.82) is 5.26 Å². The monoisotopic (exact) mass is 295 g/mol. The van der Waals surface area contributed by atoms with Crippen LogP contribution in [-0.2, 0) is 6.42 Å². The largest absolute Gasteiger partial charge is 0.479 e. The van der Waals surface area contributed by atoms with Gasteiger partial charge in [0, 0.05) is 18.3 Å². The Kier molecular flexibility index (Phi) is 5.82. The topological polar surface area (TPSA) is 74.1 Å². The lowest BCUT2D eigenvalue weighted by Crippen LogP contribution is -2.30. The van der Waals surface area contributed by atoms with Crippen molar-refractivity contribution >= 4 is 11.7 Å². The van der Waals surface area contributed by atoms with Crippen LogP contribution in [0.25, 0.3) is 0 Å². The number of rotatable bonds is 6. The van der Waals surface area contributed by atoms with Crippen LogP contribution in [0.2, 0.25) is 0 Å². The van der Waals surface area contributed by atoms with E-state index in [1.807, 2.05) is 36.4 Å². The van der Waals surface area contributed by atoms with Gasteiger partial charge < -0.3 is 15.4 Å². The Balaban J connectivity index is 1.78. The number of carbonyl (C=O) groups excluding carboxylic acids is 1. The zero-order valence-corrected chi connectivity index (χ0v) is 12.1. The second kappa shape index (κ2) is 8.32. The van der Waals surface area contributed by atoms with Gasteiger partial charge in [-0.2, -0.15) is 5.26 Å². The van der Waals surface area contributed by atoms with E-state index in [0.717, 1.165) is 6.42 Å². The van der Waals surface area contributed by atoms with Crippen LogP contribution in [0.5, 0.6) is 5.75 Å². The maximum atomic E-state index is 11.8. The molecule has 5 heteroatoms. The van der Waals surface area contributed by atoms with Crippen molar-refractivity contribution in [2.45, 2.75) is 6.42 Å². The van der Waals surface area contributed by atoms with Gasteiger partial charge in [0.2, 0.25) is 0 Å². The Morgan fingerprint density at radius 3 is 2.73 bits per heavy atom. The second-order valence-corrected chi connectivity index (χ2v) is 4.59. The van der Waals surface area contributed by atoms with Crippen molar-refractivity contribution in [3.63, 3.8) is 0 Å². The number of benzene rings is 2. The summed E-state index contributed by atoms with van der Waals surface area (Å²) < 4.78 is 5.18. The van der Waals surface area contributed by atoms with Gasteiger partial charge in [0.25, 0.3) is 0 Å². The fourth-order valence-corrected chi connectivity index (χ4v) is 1.92. The summed E-state index contributed by atoms with van der Waals surface area (Å²) in [6.07, 6.45) is 0.777. The maximum Gasteiger partial charge on any atom is 0.319 e. The minimum Gasteiger partial charge on any atom is -0.479 e. The van der Waals surface area contributed by atoms with Gasteiger partial charge in [-0.3, -0.25) is 0 Å². The van der Waals surface area contributed by atoms with Gasteiger partial charge in [0.05, 0.1) is 0 Å². The van der Waals surface area contributed by atoms with Gasteiger partial charge in [-0.05, 0) is 24.1 Å². The van der Waals surface area contributed by atoms with E-state index >= 15 is 0 Å². The molecule has 0 heterocycles. The Morgan fingerprint density at radius 1 is 1.14 bits per heavy atom. The van der Waals surface area contributed by atoms with Crippen LogP contribution in [0.3, 0.4) is 0 Å². The maximum absolute atomic E-state index is 11.8. The first-order valence-electron chi connectivity index (χ1n) is 6.96. The van der Waals surface area contributed by atoms with Gasteiger partial charge in [-0.1, -0.05) is 36.4 Å². The molecular weight excluding hydrogens is 278 g/mol. The normalized spacial score (nSPS) is 9.59. The summed E-state index contributed by atoms with van der Waals surface area (Å²) in [6, 6.07) is 18.5. The Bertz CT molecular complexity index is 650. The second-order valence-electron chi connectivity index (χ2n) is 4.59. The highest BCUT2D eigenvalue weighted by molar-refractivity contribution is 5.89. The van der Waals surface area contributed by atoms with E-state index in [1.165, 1.54) is 5.56 Å². The van der Waals surface area contributed by atoms with Gasteiger partial charge in [0.1, 0.15) is 11.8 Å². The average molecular weight is 295 g/mol. The average Bonchev–Trinajstić information content (AvgIpc) is 2.54. The molecular formula is C17H17N3O2. The molecule has 2 aromatic carbocycles. The molecule has 0 fully saturated rings. The number of ether oxygens (including phenoxy) is 1. The third-order valence-electron chi connectivity index (χ3n) is 2.94. The molecule has 0 aliphatic heterocycles. The van der Waals surface area contributed by atoms with E-state index in [-0.39, 0.29) is 12.6 Å². The molecule has 2 amide bonds. The van der Waals surface area contributed by atoms with Crippen molar-refractivity contribution in [3.05, 3.63) is 60.2 Å². The summed E-state index contributed by atoms with van der Waals surface area (Å²) in [4.78, 5) is 11.8. The van der Waals surface area contributed by atoms with Crippen LogP contribution in [0.4, 0.5) is 10.5 Å². The van der Waals surface area contributed by atoms with Crippen LogP contribution in [-0.4, -0.2) is 19.2 Å². The molecule has 2 rings (SSSR count). The van der Waals surface area contributed by atoms with Crippen LogP contribution >= 0.6 is 0 Å². The third-order valence-corrected chi connectivity index (χ3v) is 2.94. The first-order chi connectivity index (χ1) is 10.8. The third kappa shape index (κ3) is 5.17. The zero-order valence-electron chi connectivity index (χ0n) is 12.1. The molecule has 2 aromatic rings.